The maximum absolute atomic E-state index is 12.7. The molecule has 1 aliphatic rings. The maximum Gasteiger partial charge on any atom is 0.339 e. The summed E-state index contributed by atoms with van der Waals surface area (Å²) in [7, 11) is 0. The number of phenols is 1. The maximum atomic E-state index is 12.7. The summed E-state index contributed by atoms with van der Waals surface area (Å²) >= 11 is 6.49. The summed E-state index contributed by atoms with van der Waals surface area (Å²) in [6.07, 6.45) is 2.70. The minimum Gasteiger partial charge on any atom is -0.507 e. The van der Waals surface area contributed by atoms with E-state index in [1.807, 2.05) is 24.3 Å². The number of benzene rings is 2. The van der Waals surface area contributed by atoms with E-state index < -0.39 is 11.9 Å². The molecule has 1 fully saturated rings. The highest BCUT2D eigenvalue weighted by Gasteiger charge is 2.32. The van der Waals surface area contributed by atoms with Crippen LogP contribution in [0.4, 0.5) is 5.69 Å². The number of hydrogen-bond donors (Lipinski definition) is 3. The molecule has 7 nitrogen and oxygen atoms in total. The lowest BCUT2D eigenvalue weighted by atomic mass is 10.1. The molecule has 0 unspecified atom stereocenters. The van der Waals surface area contributed by atoms with Crippen molar-refractivity contribution >= 4 is 57.8 Å². The highest BCUT2D eigenvalue weighted by atomic mass is 32.2. The van der Waals surface area contributed by atoms with E-state index in [0.717, 1.165) is 12.0 Å². The van der Waals surface area contributed by atoms with Gasteiger partial charge in [-0.05, 0) is 41.8 Å². The molecule has 0 bridgehead atoms. The summed E-state index contributed by atoms with van der Waals surface area (Å²) in [6, 6.07) is 11.7. The number of hydrogen-bond acceptors (Lipinski definition) is 6. The van der Waals surface area contributed by atoms with Gasteiger partial charge in [0.1, 0.15) is 15.6 Å². The minimum absolute atomic E-state index is 0.0196. The molecule has 0 spiro atoms. The highest BCUT2D eigenvalue weighted by Crippen LogP contribution is 2.32. The second kappa shape index (κ2) is 9.76. The van der Waals surface area contributed by atoms with Crippen molar-refractivity contribution in [3.8, 4) is 5.75 Å². The SMILES string of the molecule is CCc1ccc(/C=C2/SC(=S)N(CCC(=O)Nc3ccc(O)c(C(=O)O)c3)C2=O)cc1. The number of nitrogens with zero attached hydrogens (tertiary/aromatic N) is 1. The van der Waals surface area contributed by atoms with Crippen LogP contribution in [0.15, 0.2) is 47.4 Å². The van der Waals surface area contributed by atoms with Gasteiger partial charge in [-0.25, -0.2) is 4.79 Å². The van der Waals surface area contributed by atoms with E-state index in [2.05, 4.69) is 12.2 Å². The number of carbonyl (C=O) groups excluding carboxylic acids is 2. The Bertz CT molecular complexity index is 1080. The number of aromatic carboxylic acids is 1. The Balaban J connectivity index is 1.61. The average molecular weight is 457 g/mol. The van der Waals surface area contributed by atoms with E-state index in [9.17, 15) is 19.5 Å². The second-order valence-corrected chi connectivity index (χ2v) is 8.44. The van der Waals surface area contributed by atoms with Gasteiger partial charge < -0.3 is 15.5 Å². The van der Waals surface area contributed by atoms with Crippen molar-refractivity contribution in [2.45, 2.75) is 19.8 Å². The van der Waals surface area contributed by atoms with Gasteiger partial charge in [0, 0.05) is 18.7 Å². The normalized spacial score (nSPS) is 14.9. The Morgan fingerprint density at radius 1 is 1.19 bits per heavy atom. The Hall–Kier alpha value is -3.17. The fourth-order valence-corrected chi connectivity index (χ4v) is 4.22. The van der Waals surface area contributed by atoms with Crippen molar-refractivity contribution in [3.63, 3.8) is 0 Å². The average Bonchev–Trinajstić information content (AvgIpc) is 3.00. The molecule has 1 saturated heterocycles. The topological polar surface area (TPSA) is 107 Å². The van der Waals surface area contributed by atoms with E-state index in [0.29, 0.717) is 9.23 Å². The zero-order valence-electron chi connectivity index (χ0n) is 16.6. The van der Waals surface area contributed by atoms with Crippen LogP contribution in [0, 0.1) is 0 Å². The fraction of sp³-hybridized carbons (Fsp3) is 0.182. The number of aryl methyl sites for hydroxylation is 1. The first-order valence-electron chi connectivity index (χ1n) is 9.49. The lowest BCUT2D eigenvalue weighted by Crippen LogP contribution is -2.31. The third kappa shape index (κ3) is 5.50. The van der Waals surface area contributed by atoms with Crippen LogP contribution in [0.25, 0.3) is 6.08 Å². The Morgan fingerprint density at radius 3 is 2.55 bits per heavy atom. The van der Waals surface area contributed by atoms with Gasteiger partial charge in [-0.1, -0.05) is 55.2 Å². The lowest BCUT2D eigenvalue weighted by Gasteiger charge is -2.14. The highest BCUT2D eigenvalue weighted by molar-refractivity contribution is 8.26. The van der Waals surface area contributed by atoms with Crippen molar-refractivity contribution in [3.05, 3.63) is 64.1 Å². The van der Waals surface area contributed by atoms with Gasteiger partial charge in [-0.15, -0.1) is 0 Å². The van der Waals surface area contributed by atoms with E-state index in [-0.39, 0.29) is 35.9 Å². The van der Waals surface area contributed by atoms with Gasteiger partial charge in [0.2, 0.25) is 5.91 Å². The zero-order valence-corrected chi connectivity index (χ0v) is 18.3. The first-order chi connectivity index (χ1) is 14.8. The first kappa shape index (κ1) is 22.5. The monoisotopic (exact) mass is 456 g/mol. The summed E-state index contributed by atoms with van der Waals surface area (Å²) < 4.78 is 0.382. The molecule has 0 atom stereocenters. The molecule has 2 amide bonds. The molecule has 0 saturated carbocycles. The van der Waals surface area contributed by atoms with Gasteiger partial charge in [0.05, 0.1) is 4.91 Å². The fourth-order valence-electron chi connectivity index (χ4n) is 2.92. The smallest absolute Gasteiger partial charge is 0.339 e. The molecule has 3 rings (SSSR count). The molecule has 2 aromatic rings. The second-order valence-electron chi connectivity index (χ2n) is 6.76. The molecule has 1 heterocycles. The van der Waals surface area contributed by atoms with Crippen LogP contribution < -0.4 is 5.32 Å². The van der Waals surface area contributed by atoms with Gasteiger partial charge in [-0.2, -0.15) is 0 Å². The number of thioether (sulfide) groups is 1. The molecule has 0 aliphatic carbocycles. The first-order valence-corrected chi connectivity index (χ1v) is 10.7. The van der Waals surface area contributed by atoms with Crippen molar-refractivity contribution in [1.82, 2.24) is 4.90 Å². The van der Waals surface area contributed by atoms with Crippen LogP contribution in [-0.4, -0.2) is 43.8 Å². The summed E-state index contributed by atoms with van der Waals surface area (Å²) in [6.45, 7) is 2.18. The number of thiocarbonyl (C=S) groups is 1. The van der Waals surface area contributed by atoms with Crippen LogP contribution in [0.5, 0.6) is 5.75 Å². The number of aromatic hydroxyl groups is 1. The van der Waals surface area contributed by atoms with E-state index >= 15 is 0 Å². The number of rotatable bonds is 7. The largest absolute Gasteiger partial charge is 0.507 e. The summed E-state index contributed by atoms with van der Waals surface area (Å²) in [5.41, 5.74) is 2.03. The lowest BCUT2D eigenvalue weighted by molar-refractivity contribution is -0.122. The molecule has 0 aromatic heterocycles. The summed E-state index contributed by atoms with van der Waals surface area (Å²) in [4.78, 5) is 37.9. The molecular formula is C22H20N2O5S2. The van der Waals surface area contributed by atoms with Crippen molar-refractivity contribution in [2.24, 2.45) is 0 Å². The molecule has 160 valence electrons. The number of nitrogens with one attached hydrogen (secondary N) is 1. The Kier molecular flexibility index (Phi) is 7.09. The van der Waals surface area contributed by atoms with E-state index in [1.54, 1.807) is 6.08 Å². The van der Waals surface area contributed by atoms with Crippen LogP contribution >= 0.6 is 24.0 Å². The number of amides is 2. The van der Waals surface area contributed by atoms with Crippen molar-refractivity contribution < 1.29 is 24.6 Å². The summed E-state index contributed by atoms with van der Waals surface area (Å²) in [5, 5.41) is 21.2. The van der Waals surface area contributed by atoms with Gasteiger partial charge >= 0.3 is 5.97 Å². The molecule has 0 radical (unpaired) electrons. The Morgan fingerprint density at radius 2 is 1.90 bits per heavy atom. The van der Waals surface area contributed by atoms with Gasteiger partial charge in [0.15, 0.2) is 0 Å². The van der Waals surface area contributed by atoms with Crippen LogP contribution in [-0.2, 0) is 16.0 Å². The van der Waals surface area contributed by atoms with Crippen LogP contribution in [0.1, 0.15) is 34.8 Å². The van der Waals surface area contributed by atoms with Crippen LogP contribution in [0.2, 0.25) is 0 Å². The van der Waals surface area contributed by atoms with Crippen molar-refractivity contribution in [1.29, 1.82) is 0 Å². The van der Waals surface area contributed by atoms with Crippen LogP contribution in [0.3, 0.4) is 0 Å². The predicted molar refractivity (Wildman–Crippen MR) is 124 cm³/mol. The van der Waals surface area contributed by atoms with E-state index in [4.69, 9.17) is 17.3 Å². The van der Waals surface area contributed by atoms with E-state index in [1.165, 1.54) is 40.4 Å². The number of carboxylic acid groups (broad SMARTS) is 1. The van der Waals surface area contributed by atoms with Gasteiger partial charge in [0.25, 0.3) is 5.91 Å². The van der Waals surface area contributed by atoms with Gasteiger partial charge in [-0.3, -0.25) is 14.5 Å². The molecule has 1 aliphatic heterocycles. The zero-order chi connectivity index (χ0) is 22.5. The molecule has 31 heavy (non-hydrogen) atoms. The number of anilines is 1. The van der Waals surface area contributed by atoms with Crippen molar-refractivity contribution in [2.75, 3.05) is 11.9 Å². The summed E-state index contributed by atoms with van der Waals surface area (Å²) in [5.74, 6) is -2.35. The molecule has 2 aromatic carbocycles. The quantitative estimate of drug-likeness (QED) is 0.330. The predicted octanol–water partition coefficient (Wildman–Crippen LogP) is 3.88. The third-order valence-corrected chi connectivity index (χ3v) is 6.01. The Labute approximate surface area is 188 Å². The molecule has 3 N–H and O–H groups in total. The molecular weight excluding hydrogens is 436 g/mol. The molecule has 9 heteroatoms. The third-order valence-electron chi connectivity index (χ3n) is 4.63. The number of carboxylic acids is 1. The standard InChI is InChI=1S/C22H20N2O5S2/c1-2-13-3-5-14(6-4-13)11-18-20(27)24(22(30)31-18)10-9-19(26)23-15-7-8-17(25)16(12-15)21(28)29/h3-8,11-12,25H,2,9-10H2,1H3,(H,23,26)(H,28,29)/b18-11+. The number of carbonyl (C=O) groups is 3. The minimum atomic E-state index is -1.30.